The molecule has 3 N–H and O–H groups in total. The van der Waals surface area contributed by atoms with Gasteiger partial charge in [0, 0.05) is 6.42 Å². The second kappa shape index (κ2) is 64.7. The third kappa shape index (κ3) is 66.8. The molecule has 0 aliphatic rings. The second-order valence-electron chi connectivity index (χ2n) is 27.0. The number of hydrogen-bond donors (Lipinski definition) is 3. The van der Waals surface area contributed by atoms with Crippen LogP contribution in [-0.4, -0.2) is 73.4 Å². The monoisotopic (exact) mass is 1180 g/mol. The van der Waals surface area contributed by atoms with Gasteiger partial charge in [0.25, 0.3) is 0 Å². The van der Waals surface area contributed by atoms with E-state index in [1.165, 1.54) is 347 Å². The van der Waals surface area contributed by atoms with Crippen molar-refractivity contribution in [1.82, 2.24) is 5.32 Å². The van der Waals surface area contributed by atoms with Crippen LogP contribution in [0.15, 0.2) is 12.2 Å². The van der Waals surface area contributed by atoms with E-state index >= 15 is 0 Å². The highest BCUT2D eigenvalue weighted by molar-refractivity contribution is 7.47. The zero-order valence-electron chi connectivity index (χ0n) is 56.3. The molecule has 490 valence electrons. The molecule has 82 heavy (non-hydrogen) atoms. The van der Waals surface area contributed by atoms with Crippen molar-refractivity contribution in [1.29, 1.82) is 0 Å². The fraction of sp³-hybridized carbons (Fsp3) is 0.959. The van der Waals surface area contributed by atoms with Gasteiger partial charge in [-0.1, -0.05) is 386 Å². The number of hydrogen-bond acceptors (Lipinski definition) is 5. The van der Waals surface area contributed by atoms with Gasteiger partial charge in [0.1, 0.15) is 13.2 Å². The third-order valence-corrected chi connectivity index (χ3v) is 18.5. The van der Waals surface area contributed by atoms with Crippen LogP contribution in [0.4, 0.5) is 0 Å². The number of unbranched alkanes of at least 4 members (excludes halogenated alkanes) is 57. The van der Waals surface area contributed by atoms with Crippen LogP contribution in [0.3, 0.4) is 0 Å². The lowest BCUT2D eigenvalue weighted by atomic mass is 10.0. The smallest absolute Gasteiger partial charge is 0.387 e. The van der Waals surface area contributed by atoms with Crippen LogP contribution < -0.4 is 5.32 Å². The van der Waals surface area contributed by atoms with E-state index in [-0.39, 0.29) is 19.1 Å². The summed E-state index contributed by atoms with van der Waals surface area (Å²) in [6.45, 7) is 4.90. The van der Waals surface area contributed by atoms with Crippen molar-refractivity contribution in [3.05, 3.63) is 12.2 Å². The predicted octanol–water partition coefficient (Wildman–Crippen LogP) is 23.7. The molecular formula is C73H148N2O6P+. The van der Waals surface area contributed by atoms with Crippen molar-refractivity contribution < 1.29 is 32.9 Å². The van der Waals surface area contributed by atoms with Crippen LogP contribution in [0.2, 0.25) is 0 Å². The molecule has 0 aromatic heterocycles. The van der Waals surface area contributed by atoms with Gasteiger partial charge < -0.3 is 19.8 Å². The normalized spacial score (nSPS) is 13.6. The summed E-state index contributed by atoms with van der Waals surface area (Å²) in [7, 11) is 1.60. The molecular weight excluding hydrogens is 1030 g/mol. The van der Waals surface area contributed by atoms with E-state index in [0.717, 1.165) is 32.1 Å². The summed E-state index contributed by atoms with van der Waals surface area (Å²) in [4.78, 5) is 23.4. The van der Waals surface area contributed by atoms with Gasteiger partial charge in [0.05, 0.1) is 39.9 Å². The first-order valence-corrected chi connectivity index (χ1v) is 38.6. The summed E-state index contributed by atoms with van der Waals surface area (Å²) in [5.74, 6) is -0.166. The lowest BCUT2D eigenvalue weighted by molar-refractivity contribution is -0.870. The minimum absolute atomic E-state index is 0.0656. The first kappa shape index (κ1) is 81.2. The molecule has 0 aromatic carbocycles. The number of rotatable bonds is 70. The minimum atomic E-state index is -4.35. The van der Waals surface area contributed by atoms with Crippen molar-refractivity contribution in [2.24, 2.45) is 0 Å². The number of aliphatic hydroxyl groups excluding tert-OH is 1. The van der Waals surface area contributed by atoms with Crippen molar-refractivity contribution in [3.63, 3.8) is 0 Å². The molecule has 0 aliphatic heterocycles. The molecule has 0 aromatic rings. The van der Waals surface area contributed by atoms with Gasteiger partial charge in [0.15, 0.2) is 0 Å². The van der Waals surface area contributed by atoms with Gasteiger partial charge in [-0.3, -0.25) is 13.8 Å². The Hall–Kier alpha value is -0.760. The number of aliphatic hydroxyl groups is 1. The third-order valence-electron chi connectivity index (χ3n) is 17.5. The first-order valence-electron chi connectivity index (χ1n) is 37.1. The molecule has 0 radical (unpaired) electrons. The molecule has 9 heteroatoms. The SMILES string of the molecule is CCCCCCCCCCCCCCCCCCCCCCCCCCCCCC/C=C/C(O)C(COP(=O)(O)OCC[N+](C)(C)C)NC(=O)CCCCCCCCCCCCCCCCCCCCCCCCCCCCCCCC. The van der Waals surface area contributed by atoms with Gasteiger partial charge in [-0.2, -0.15) is 0 Å². The Bertz CT molecular complexity index is 1340. The van der Waals surface area contributed by atoms with Crippen molar-refractivity contribution in [2.45, 2.75) is 411 Å². The topological polar surface area (TPSA) is 105 Å². The summed E-state index contributed by atoms with van der Waals surface area (Å²) in [5.41, 5.74) is 0. The lowest BCUT2D eigenvalue weighted by Crippen LogP contribution is -2.45. The molecule has 3 atom stereocenters. The van der Waals surface area contributed by atoms with E-state index in [4.69, 9.17) is 9.05 Å². The van der Waals surface area contributed by atoms with Gasteiger partial charge in [0.2, 0.25) is 5.91 Å². The number of amides is 1. The average Bonchev–Trinajstić information content (AvgIpc) is 3.47. The number of nitrogens with one attached hydrogen (secondary N) is 1. The van der Waals surface area contributed by atoms with Crippen LogP contribution in [0.25, 0.3) is 0 Å². The number of phosphoric ester groups is 1. The summed E-state index contributed by atoms with van der Waals surface area (Å²) >= 11 is 0. The maximum absolute atomic E-state index is 13.1. The Morgan fingerprint density at radius 3 is 0.902 bits per heavy atom. The fourth-order valence-electron chi connectivity index (χ4n) is 11.8. The minimum Gasteiger partial charge on any atom is -0.387 e. The fourth-order valence-corrected chi connectivity index (χ4v) is 12.5. The Morgan fingerprint density at radius 1 is 0.402 bits per heavy atom. The van der Waals surface area contributed by atoms with Crippen molar-refractivity contribution >= 4 is 13.7 Å². The highest BCUT2D eigenvalue weighted by Crippen LogP contribution is 2.43. The van der Waals surface area contributed by atoms with Crippen LogP contribution in [0.5, 0.6) is 0 Å². The van der Waals surface area contributed by atoms with Crippen molar-refractivity contribution in [3.8, 4) is 0 Å². The summed E-state index contributed by atoms with van der Waals surface area (Å²) < 4.78 is 23.9. The molecule has 0 aliphatic carbocycles. The highest BCUT2D eigenvalue weighted by Gasteiger charge is 2.28. The summed E-state index contributed by atoms with van der Waals surface area (Å²) in [5, 5.41) is 14.0. The highest BCUT2D eigenvalue weighted by atomic mass is 31.2. The summed E-state index contributed by atoms with van der Waals surface area (Å²) in [6.07, 6.45) is 83.8. The molecule has 0 spiro atoms. The van der Waals surface area contributed by atoms with Gasteiger partial charge in [-0.05, 0) is 19.3 Å². The standard InChI is InChI=1S/C73H147N2O6P/c1-6-8-10-12-14-16-18-20-22-24-26-28-30-32-34-36-38-40-42-44-46-48-50-52-54-56-58-60-62-64-66-72(76)71(70-81-82(78,79)80-69-68-75(3,4)5)74-73(77)67-65-63-61-59-57-55-53-51-49-47-45-43-41-39-37-35-33-31-29-27-25-23-21-19-17-15-13-11-9-7-2/h64,66,71-72,76H,6-63,65,67-70H2,1-5H3,(H-,74,77,78,79)/p+1/b66-64+. The molecule has 0 heterocycles. The maximum atomic E-state index is 13.1. The zero-order chi connectivity index (χ0) is 59.8. The molecule has 0 rings (SSSR count). The van der Waals surface area contributed by atoms with E-state index < -0.39 is 20.0 Å². The number of carbonyl (C=O) groups excluding carboxylic acids is 1. The maximum Gasteiger partial charge on any atom is 0.472 e. The molecule has 0 fully saturated rings. The Kier molecular flexibility index (Phi) is 64.1. The van der Waals surface area contributed by atoms with E-state index in [2.05, 4.69) is 19.2 Å². The molecule has 0 saturated carbocycles. The zero-order valence-corrected chi connectivity index (χ0v) is 57.2. The van der Waals surface area contributed by atoms with Crippen LogP contribution in [0.1, 0.15) is 399 Å². The van der Waals surface area contributed by atoms with Crippen LogP contribution >= 0.6 is 7.82 Å². The number of phosphoric acid groups is 1. The second-order valence-corrected chi connectivity index (χ2v) is 28.5. The average molecular weight is 1180 g/mol. The Labute approximate surface area is 513 Å². The Morgan fingerprint density at radius 2 is 0.646 bits per heavy atom. The predicted molar refractivity (Wildman–Crippen MR) is 360 cm³/mol. The number of quaternary nitrogens is 1. The van der Waals surface area contributed by atoms with E-state index in [9.17, 15) is 19.4 Å². The van der Waals surface area contributed by atoms with Gasteiger partial charge >= 0.3 is 7.82 Å². The number of carbonyl (C=O) groups is 1. The first-order chi connectivity index (χ1) is 40.0. The molecule has 8 nitrogen and oxygen atoms in total. The lowest BCUT2D eigenvalue weighted by Gasteiger charge is -2.25. The van der Waals surface area contributed by atoms with Crippen molar-refractivity contribution in [2.75, 3.05) is 40.9 Å². The number of nitrogens with zero attached hydrogens (tertiary/aromatic N) is 1. The Balaban J connectivity index is 3.99. The summed E-state index contributed by atoms with van der Waals surface area (Å²) in [6, 6.07) is -0.844. The van der Waals surface area contributed by atoms with Crippen LogP contribution in [0, 0.1) is 0 Å². The van der Waals surface area contributed by atoms with Gasteiger partial charge in [-0.15, -0.1) is 0 Å². The molecule has 3 unspecified atom stereocenters. The molecule has 1 amide bonds. The van der Waals surface area contributed by atoms with E-state index in [0.29, 0.717) is 17.4 Å². The van der Waals surface area contributed by atoms with E-state index in [1.54, 1.807) is 6.08 Å². The molecule has 0 saturated heterocycles. The largest absolute Gasteiger partial charge is 0.472 e. The van der Waals surface area contributed by atoms with Gasteiger partial charge in [-0.25, -0.2) is 4.57 Å². The molecule has 0 bridgehead atoms. The number of allylic oxidation sites excluding steroid dienone is 1. The quantitative estimate of drug-likeness (QED) is 0.0243. The van der Waals surface area contributed by atoms with Crippen LogP contribution in [-0.2, 0) is 18.4 Å². The number of likely N-dealkylation sites (N-methyl/N-ethyl adjacent to an activating group) is 1. The van der Waals surface area contributed by atoms with E-state index in [1.807, 2.05) is 27.2 Å².